The van der Waals surface area contributed by atoms with Crippen LogP contribution in [0.3, 0.4) is 0 Å². The zero-order valence-electron chi connectivity index (χ0n) is 19.7. The van der Waals surface area contributed by atoms with Gasteiger partial charge in [0.1, 0.15) is 5.82 Å². The molecule has 0 bridgehead atoms. The number of nitrogen functional groups attached to an aromatic ring is 1. The van der Waals surface area contributed by atoms with Crippen molar-refractivity contribution < 1.29 is 9.72 Å². The van der Waals surface area contributed by atoms with Crippen molar-refractivity contribution in [2.45, 2.75) is 38.6 Å². The van der Waals surface area contributed by atoms with Gasteiger partial charge in [-0.15, -0.1) is 0 Å². The number of nitrogens with two attached hydrogens (primary N) is 1. The fraction of sp³-hybridized carbons (Fsp3) is 0.269. The molecule has 3 N–H and O–H groups in total. The lowest BCUT2D eigenvalue weighted by atomic mass is 9.97. The fourth-order valence-corrected chi connectivity index (χ4v) is 4.34. The van der Waals surface area contributed by atoms with Crippen molar-refractivity contribution >= 4 is 23.1 Å². The summed E-state index contributed by atoms with van der Waals surface area (Å²) in [5.74, 6) is -0.663. The zero-order chi connectivity index (χ0) is 25.7. The molecule has 1 heterocycles. The lowest BCUT2D eigenvalue weighted by Gasteiger charge is -2.26. The number of aromatic amines is 1. The first-order chi connectivity index (χ1) is 17.3. The van der Waals surface area contributed by atoms with Crippen molar-refractivity contribution in [1.82, 2.24) is 9.55 Å². The molecular formula is C26H27N5O5. The van der Waals surface area contributed by atoms with Crippen molar-refractivity contribution in [2.24, 2.45) is 0 Å². The number of non-ortho nitro benzene ring substituents is 1. The van der Waals surface area contributed by atoms with E-state index in [-0.39, 0.29) is 35.8 Å². The molecule has 186 valence electrons. The van der Waals surface area contributed by atoms with E-state index >= 15 is 0 Å². The molecule has 4 rings (SSSR count). The summed E-state index contributed by atoms with van der Waals surface area (Å²) in [6.07, 6.45) is 6.76. The molecule has 0 fully saturated rings. The highest BCUT2D eigenvalue weighted by molar-refractivity contribution is 6.07. The van der Waals surface area contributed by atoms with Gasteiger partial charge < -0.3 is 10.6 Å². The van der Waals surface area contributed by atoms with Crippen LogP contribution in [-0.2, 0) is 6.54 Å². The van der Waals surface area contributed by atoms with Gasteiger partial charge >= 0.3 is 5.69 Å². The molecular weight excluding hydrogens is 462 g/mol. The molecule has 3 aromatic rings. The number of H-pyrrole nitrogens is 1. The predicted molar refractivity (Wildman–Crippen MR) is 137 cm³/mol. The first-order valence-electron chi connectivity index (χ1n) is 11.8. The molecule has 1 amide bonds. The molecule has 1 aromatic heterocycles. The Kier molecular flexibility index (Phi) is 7.43. The van der Waals surface area contributed by atoms with Crippen LogP contribution in [0.25, 0.3) is 0 Å². The van der Waals surface area contributed by atoms with E-state index in [1.54, 1.807) is 0 Å². The van der Waals surface area contributed by atoms with Crippen molar-refractivity contribution in [3.63, 3.8) is 0 Å². The average Bonchev–Trinajstić information content (AvgIpc) is 2.89. The van der Waals surface area contributed by atoms with Gasteiger partial charge in [0.25, 0.3) is 17.2 Å². The number of anilines is 2. The highest BCUT2D eigenvalue weighted by atomic mass is 16.6. The summed E-state index contributed by atoms with van der Waals surface area (Å²) >= 11 is 0. The van der Waals surface area contributed by atoms with Gasteiger partial charge in [0.2, 0.25) is 0 Å². The number of benzene rings is 2. The lowest BCUT2D eigenvalue weighted by molar-refractivity contribution is -0.384. The minimum atomic E-state index is -0.769. The van der Waals surface area contributed by atoms with Gasteiger partial charge in [-0.2, -0.15) is 0 Å². The second-order valence-corrected chi connectivity index (χ2v) is 8.68. The summed E-state index contributed by atoms with van der Waals surface area (Å²) in [5, 5.41) is 11.0. The highest BCUT2D eigenvalue weighted by Crippen LogP contribution is 2.25. The Morgan fingerprint density at radius 3 is 2.44 bits per heavy atom. The maximum absolute atomic E-state index is 13.6. The number of amides is 1. The second kappa shape index (κ2) is 10.9. The van der Waals surface area contributed by atoms with Crippen molar-refractivity contribution in [1.29, 1.82) is 0 Å². The molecule has 10 heteroatoms. The summed E-state index contributed by atoms with van der Waals surface area (Å²) in [6, 6.07) is 14.3. The number of aromatic nitrogens is 2. The van der Waals surface area contributed by atoms with E-state index in [9.17, 15) is 24.5 Å². The second-order valence-electron chi connectivity index (χ2n) is 8.68. The standard InChI is InChI=1S/C26H27N5O5/c27-23-22(24(32)28-26(34)30(23)17-19-9-5-2-6-10-19)29(16-15-18-7-3-1-4-8-18)25(33)20-11-13-21(14-12-20)31(35)36/h2,5-7,9-14H,1,3-4,8,15-17,27H2,(H,28,32,34). The fourth-order valence-electron chi connectivity index (χ4n) is 4.34. The van der Waals surface area contributed by atoms with Crippen molar-refractivity contribution in [3.8, 4) is 0 Å². The molecule has 1 aliphatic carbocycles. The van der Waals surface area contributed by atoms with Gasteiger partial charge in [-0.3, -0.25) is 29.3 Å². The van der Waals surface area contributed by atoms with E-state index in [0.29, 0.717) is 6.42 Å². The summed E-state index contributed by atoms with van der Waals surface area (Å²) < 4.78 is 1.22. The smallest absolute Gasteiger partial charge is 0.330 e. The third kappa shape index (κ3) is 5.43. The van der Waals surface area contributed by atoms with Gasteiger partial charge in [0.15, 0.2) is 5.69 Å². The summed E-state index contributed by atoms with van der Waals surface area (Å²) in [4.78, 5) is 53.3. The topological polar surface area (TPSA) is 144 Å². The number of rotatable bonds is 8. The van der Waals surface area contributed by atoms with E-state index < -0.39 is 22.1 Å². The Labute approximate surface area is 206 Å². The number of nitro groups is 1. The molecule has 0 saturated carbocycles. The van der Waals surface area contributed by atoms with Crippen LogP contribution in [0.15, 0.2) is 75.8 Å². The van der Waals surface area contributed by atoms with Gasteiger partial charge in [-0.25, -0.2) is 4.79 Å². The SMILES string of the molecule is Nc1c(N(CCC2=CCCCC2)C(=O)c2ccc([N+](=O)[O-])cc2)c(=O)[nH]c(=O)n1Cc1ccccc1. The van der Waals surface area contributed by atoms with E-state index in [1.807, 2.05) is 30.3 Å². The van der Waals surface area contributed by atoms with E-state index in [4.69, 9.17) is 5.73 Å². The van der Waals surface area contributed by atoms with E-state index in [0.717, 1.165) is 31.2 Å². The van der Waals surface area contributed by atoms with E-state index in [2.05, 4.69) is 11.1 Å². The van der Waals surface area contributed by atoms with Gasteiger partial charge in [-0.1, -0.05) is 42.0 Å². The van der Waals surface area contributed by atoms with Crippen LogP contribution in [0.2, 0.25) is 0 Å². The van der Waals surface area contributed by atoms with Crippen molar-refractivity contribution in [3.05, 3.63) is 108 Å². The summed E-state index contributed by atoms with van der Waals surface area (Å²) in [5.41, 5.74) is 6.80. The monoisotopic (exact) mass is 489 g/mol. The zero-order valence-corrected chi connectivity index (χ0v) is 19.7. The molecule has 0 unspecified atom stereocenters. The minimum absolute atomic E-state index is 0.111. The molecule has 0 saturated heterocycles. The Balaban J connectivity index is 1.76. The first-order valence-corrected chi connectivity index (χ1v) is 11.8. The lowest BCUT2D eigenvalue weighted by Crippen LogP contribution is -2.42. The molecule has 10 nitrogen and oxygen atoms in total. The Morgan fingerprint density at radius 1 is 1.08 bits per heavy atom. The number of nitrogens with zero attached hydrogens (tertiary/aromatic N) is 3. The van der Waals surface area contributed by atoms with Crippen LogP contribution in [0.5, 0.6) is 0 Å². The normalized spacial score (nSPS) is 13.2. The number of nitro benzene ring substituents is 1. The third-order valence-corrected chi connectivity index (χ3v) is 6.28. The van der Waals surface area contributed by atoms with Crippen LogP contribution in [-0.4, -0.2) is 26.9 Å². The molecule has 1 aliphatic rings. The number of carbonyl (C=O) groups excluding carboxylic acids is 1. The molecule has 0 spiro atoms. The van der Waals surface area contributed by atoms with Crippen LogP contribution < -0.4 is 21.9 Å². The quantitative estimate of drug-likeness (QED) is 0.281. The number of hydrogen-bond donors (Lipinski definition) is 2. The Hall–Kier alpha value is -4.47. The average molecular weight is 490 g/mol. The van der Waals surface area contributed by atoms with Crippen LogP contribution in [0.4, 0.5) is 17.2 Å². The van der Waals surface area contributed by atoms with Gasteiger partial charge in [0.05, 0.1) is 11.5 Å². The first kappa shape index (κ1) is 24.6. The number of nitrogens with one attached hydrogen (secondary N) is 1. The van der Waals surface area contributed by atoms with Crippen LogP contribution in [0, 0.1) is 10.1 Å². The molecule has 2 aromatic carbocycles. The van der Waals surface area contributed by atoms with Crippen molar-refractivity contribution in [2.75, 3.05) is 17.2 Å². The van der Waals surface area contributed by atoms with Gasteiger partial charge in [-0.05, 0) is 49.8 Å². The Bertz CT molecular complexity index is 1410. The largest absolute Gasteiger partial charge is 0.383 e. The number of carbonyl (C=O) groups is 1. The summed E-state index contributed by atoms with van der Waals surface area (Å²) in [6.45, 7) is 0.276. The minimum Gasteiger partial charge on any atom is -0.383 e. The molecule has 0 radical (unpaired) electrons. The van der Waals surface area contributed by atoms with Gasteiger partial charge in [0, 0.05) is 24.2 Å². The maximum Gasteiger partial charge on any atom is 0.330 e. The number of allylic oxidation sites excluding steroid dienone is 1. The number of hydrogen-bond acceptors (Lipinski definition) is 6. The summed E-state index contributed by atoms with van der Waals surface area (Å²) in [7, 11) is 0. The maximum atomic E-state index is 13.6. The van der Waals surface area contributed by atoms with Crippen LogP contribution in [0.1, 0.15) is 48.0 Å². The Morgan fingerprint density at radius 2 is 1.81 bits per heavy atom. The highest BCUT2D eigenvalue weighted by Gasteiger charge is 2.26. The molecule has 0 atom stereocenters. The molecule has 36 heavy (non-hydrogen) atoms. The predicted octanol–water partition coefficient (Wildman–Crippen LogP) is 3.61. The van der Waals surface area contributed by atoms with Crippen LogP contribution >= 0.6 is 0 Å². The van der Waals surface area contributed by atoms with E-state index in [1.165, 1.54) is 39.3 Å². The molecule has 0 aliphatic heterocycles. The third-order valence-electron chi connectivity index (χ3n) is 6.28.